The van der Waals surface area contributed by atoms with Gasteiger partial charge in [0.15, 0.2) is 12.4 Å². The highest BCUT2D eigenvalue weighted by Gasteiger charge is 2.13. The van der Waals surface area contributed by atoms with Crippen LogP contribution in [0.1, 0.15) is 21.4 Å². The number of ether oxygens (including phenoxy) is 1. The summed E-state index contributed by atoms with van der Waals surface area (Å²) in [5.41, 5.74) is 0.845. The molecule has 2 heterocycles. The van der Waals surface area contributed by atoms with Crippen molar-refractivity contribution in [1.29, 1.82) is 0 Å². The van der Waals surface area contributed by atoms with Gasteiger partial charge in [-0.25, -0.2) is 9.18 Å². The summed E-state index contributed by atoms with van der Waals surface area (Å²) in [6.07, 6.45) is 0. The molecule has 0 saturated heterocycles. The number of nitrogens with zero attached hydrogens (tertiary/aromatic N) is 2. The van der Waals surface area contributed by atoms with Gasteiger partial charge in [0.25, 0.3) is 5.89 Å². The van der Waals surface area contributed by atoms with Crippen molar-refractivity contribution in [2.75, 3.05) is 0 Å². The van der Waals surface area contributed by atoms with Gasteiger partial charge in [0.05, 0.1) is 0 Å². The average molecular weight is 318 g/mol. The van der Waals surface area contributed by atoms with Crippen LogP contribution in [0.5, 0.6) is 0 Å². The number of aryl methyl sites for hydroxylation is 1. The number of carbonyl (C=O) groups is 1. The molecule has 0 aliphatic heterocycles. The van der Waals surface area contributed by atoms with E-state index in [2.05, 4.69) is 10.1 Å². The molecular formula is C15H11FN2O3S. The van der Waals surface area contributed by atoms with Gasteiger partial charge in [-0.2, -0.15) is 4.98 Å². The maximum Gasteiger partial charge on any atom is 0.348 e. The monoisotopic (exact) mass is 318 g/mol. The van der Waals surface area contributed by atoms with Crippen LogP contribution < -0.4 is 0 Å². The van der Waals surface area contributed by atoms with Gasteiger partial charge in [0.1, 0.15) is 10.7 Å². The Morgan fingerprint density at radius 1 is 1.27 bits per heavy atom. The molecule has 0 aliphatic rings. The van der Waals surface area contributed by atoms with Gasteiger partial charge in [-0.05, 0) is 36.8 Å². The van der Waals surface area contributed by atoms with E-state index in [0.717, 1.165) is 10.4 Å². The minimum Gasteiger partial charge on any atom is -0.451 e. The van der Waals surface area contributed by atoms with E-state index in [0.29, 0.717) is 10.7 Å². The van der Waals surface area contributed by atoms with Gasteiger partial charge in [-0.15, -0.1) is 11.3 Å². The second-order valence-electron chi connectivity index (χ2n) is 4.48. The fraction of sp³-hybridized carbons (Fsp3) is 0.133. The Balaban J connectivity index is 1.67. The maximum atomic E-state index is 12.9. The Bertz CT molecular complexity index is 795. The molecule has 22 heavy (non-hydrogen) atoms. The van der Waals surface area contributed by atoms with Crippen LogP contribution in [0, 0.1) is 12.7 Å². The third kappa shape index (κ3) is 3.20. The van der Waals surface area contributed by atoms with Crippen LogP contribution in [-0.4, -0.2) is 16.1 Å². The maximum absolute atomic E-state index is 12.9. The van der Waals surface area contributed by atoms with E-state index < -0.39 is 5.97 Å². The number of carbonyl (C=O) groups excluding carboxylic acids is 1. The molecule has 0 aliphatic carbocycles. The van der Waals surface area contributed by atoms with Crippen LogP contribution in [0.25, 0.3) is 10.4 Å². The summed E-state index contributed by atoms with van der Waals surface area (Å²) < 4.78 is 22.9. The molecule has 0 bridgehead atoms. The molecule has 0 spiro atoms. The molecule has 112 valence electrons. The van der Waals surface area contributed by atoms with Crippen molar-refractivity contribution in [2.24, 2.45) is 0 Å². The van der Waals surface area contributed by atoms with Gasteiger partial charge in [0, 0.05) is 4.88 Å². The molecule has 0 N–H and O–H groups in total. The average Bonchev–Trinajstić information content (AvgIpc) is 3.15. The number of hydrogen-bond acceptors (Lipinski definition) is 6. The first kappa shape index (κ1) is 14.4. The van der Waals surface area contributed by atoms with E-state index in [4.69, 9.17) is 9.26 Å². The third-order valence-electron chi connectivity index (χ3n) is 2.83. The molecule has 0 saturated carbocycles. The van der Waals surface area contributed by atoms with Gasteiger partial charge >= 0.3 is 5.97 Å². The van der Waals surface area contributed by atoms with Crippen LogP contribution in [0.15, 0.2) is 40.9 Å². The van der Waals surface area contributed by atoms with Crippen LogP contribution >= 0.6 is 11.3 Å². The molecule has 3 rings (SSSR count). The summed E-state index contributed by atoms with van der Waals surface area (Å²) in [6, 6.07) is 9.56. The van der Waals surface area contributed by atoms with Crippen LogP contribution in [0.4, 0.5) is 4.39 Å². The smallest absolute Gasteiger partial charge is 0.348 e. The SMILES string of the molecule is Cc1noc(COC(=O)c2ccc(-c3ccc(F)cc3)s2)n1. The van der Waals surface area contributed by atoms with Crippen LogP contribution in [0.2, 0.25) is 0 Å². The molecule has 0 atom stereocenters. The van der Waals surface area contributed by atoms with Crippen molar-refractivity contribution >= 4 is 17.3 Å². The zero-order valence-electron chi connectivity index (χ0n) is 11.6. The van der Waals surface area contributed by atoms with Crippen molar-refractivity contribution in [1.82, 2.24) is 10.1 Å². The lowest BCUT2D eigenvalue weighted by Crippen LogP contribution is -2.03. The normalized spacial score (nSPS) is 10.6. The Morgan fingerprint density at radius 3 is 2.73 bits per heavy atom. The summed E-state index contributed by atoms with van der Waals surface area (Å²) in [4.78, 5) is 17.2. The first-order valence-electron chi connectivity index (χ1n) is 6.44. The Kier molecular flexibility index (Phi) is 3.97. The van der Waals surface area contributed by atoms with E-state index >= 15 is 0 Å². The number of hydrogen-bond donors (Lipinski definition) is 0. The summed E-state index contributed by atoms with van der Waals surface area (Å²) in [6.45, 7) is 1.62. The molecule has 0 unspecified atom stereocenters. The molecule has 0 amide bonds. The van der Waals surface area contributed by atoms with Crippen LogP contribution in [0.3, 0.4) is 0 Å². The topological polar surface area (TPSA) is 65.2 Å². The molecule has 0 fully saturated rings. The molecule has 0 radical (unpaired) electrons. The fourth-order valence-electron chi connectivity index (χ4n) is 1.81. The molecule has 1 aromatic carbocycles. The first-order chi connectivity index (χ1) is 10.6. The van der Waals surface area contributed by atoms with Gasteiger partial charge in [-0.1, -0.05) is 17.3 Å². The standard InChI is InChI=1S/C15H11FN2O3S/c1-9-17-14(21-18-9)8-20-15(19)13-7-6-12(22-13)10-2-4-11(16)5-3-10/h2-7H,8H2,1H3. The minimum atomic E-state index is -0.464. The Hall–Kier alpha value is -2.54. The summed E-state index contributed by atoms with van der Waals surface area (Å²) in [5.74, 6) is -0.0223. The predicted molar refractivity (Wildman–Crippen MR) is 77.9 cm³/mol. The molecule has 3 aromatic rings. The van der Waals surface area contributed by atoms with Gasteiger partial charge in [0.2, 0.25) is 0 Å². The Morgan fingerprint density at radius 2 is 2.05 bits per heavy atom. The van der Waals surface area contributed by atoms with E-state index in [1.807, 2.05) is 0 Å². The predicted octanol–water partition coefficient (Wildman–Crippen LogP) is 3.60. The van der Waals surface area contributed by atoms with Crippen molar-refractivity contribution in [3.8, 4) is 10.4 Å². The summed E-state index contributed by atoms with van der Waals surface area (Å²) in [5, 5.41) is 3.61. The lowest BCUT2D eigenvalue weighted by Gasteiger charge is -1.99. The number of thiophene rings is 1. The second-order valence-corrected chi connectivity index (χ2v) is 5.57. The van der Waals surface area contributed by atoms with Crippen LogP contribution in [-0.2, 0) is 11.3 Å². The quantitative estimate of drug-likeness (QED) is 0.688. The molecule has 7 heteroatoms. The van der Waals surface area contributed by atoms with Gasteiger partial charge < -0.3 is 9.26 Å². The highest BCUT2D eigenvalue weighted by Crippen LogP contribution is 2.28. The lowest BCUT2D eigenvalue weighted by atomic mass is 10.2. The van der Waals surface area contributed by atoms with Gasteiger partial charge in [-0.3, -0.25) is 0 Å². The van der Waals surface area contributed by atoms with E-state index in [1.165, 1.54) is 23.5 Å². The van der Waals surface area contributed by atoms with Crippen molar-refractivity contribution in [2.45, 2.75) is 13.5 Å². The highest BCUT2D eigenvalue weighted by atomic mass is 32.1. The lowest BCUT2D eigenvalue weighted by molar-refractivity contribution is 0.0435. The Labute approximate surface area is 129 Å². The zero-order chi connectivity index (χ0) is 15.5. The van der Waals surface area contributed by atoms with E-state index in [9.17, 15) is 9.18 Å². The molecule has 5 nitrogen and oxygen atoms in total. The molecule has 2 aromatic heterocycles. The number of rotatable bonds is 4. The van der Waals surface area contributed by atoms with Crippen molar-refractivity contribution in [3.05, 3.63) is 58.8 Å². The minimum absolute atomic E-state index is 0.0660. The fourth-order valence-corrected chi connectivity index (χ4v) is 2.72. The number of esters is 1. The highest BCUT2D eigenvalue weighted by molar-refractivity contribution is 7.17. The van der Waals surface area contributed by atoms with Crippen molar-refractivity contribution < 1.29 is 18.4 Å². The second kappa shape index (κ2) is 6.07. The number of aromatic nitrogens is 2. The van der Waals surface area contributed by atoms with E-state index in [1.54, 1.807) is 31.2 Å². The number of benzene rings is 1. The number of halogens is 1. The third-order valence-corrected chi connectivity index (χ3v) is 3.95. The molecular weight excluding hydrogens is 307 g/mol. The van der Waals surface area contributed by atoms with Crippen molar-refractivity contribution in [3.63, 3.8) is 0 Å². The summed E-state index contributed by atoms with van der Waals surface area (Å²) in [7, 11) is 0. The largest absolute Gasteiger partial charge is 0.451 e. The first-order valence-corrected chi connectivity index (χ1v) is 7.25. The zero-order valence-corrected chi connectivity index (χ0v) is 12.4. The summed E-state index contributed by atoms with van der Waals surface area (Å²) >= 11 is 1.28. The van der Waals surface area contributed by atoms with E-state index in [-0.39, 0.29) is 18.3 Å².